The van der Waals surface area contributed by atoms with Gasteiger partial charge in [-0.15, -0.1) is 0 Å². The van der Waals surface area contributed by atoms with Crippen LogP contribution < -0.4 is 18.9 Å². The number of carbonyl (C=O) groups excluding carboxylic acids is 1. The normalized spacial score (nSPS) is 16.0. The van der Waals surface area contributed by atoms with Crippen LogP contribution in [0.5, 0.6) is 23.0 Å². The quantitative estimate of drug-likeness (QED) is 0.486. The molecule has 0 radical (unpaired) electrons. The average molecular weight is 458 g/mol. The summed E-state index contributed by atoms with van der Waals surface area (Å²) < 4.78 is 23.0. The number of hydrogen-bond acceptors (Lipinski definition) is 6. The Hall–Kier alpha value is -3.77. The summed E-state index contributed by atoms with van der Waals surface area (Å²) in [6, 6.07) is 15.9. The minimum atomic E-state index is -0.151. The van der Waals surface area contributed by atoms with Crippen molar-refractivity contribution < 1.29 is 23.7 Å². The molecule has 2 aliphatic rings. The molecule has 2 heterocycles. The Morgan fingerprint density at radius 2 is 1.82 bits per heavy atom. The third-order valence-corrected chi connectivity index (χ3v) is 6.25. The third-order valence-electron chi connectivity index (χ3n) is 6.25. The Morgan fingerprint density at radius 3 is 2.56 bits per heavy atom. The molecular weight excluding hydrogens is 430 g/mol. The van der Waals surface area contributed by atoms with E-state index in [2.05, 4.69) is 36.1 Å². The highest BCUT2D eigenvalue weighted by atomic mass is 16.5. The lowest BCUT2D eigenvalue weighted by atomic mass is 9.99. The summed E-state index contributed by atoms with van der Waals surface area (Å²) >= 11 is 0. The monoisotopic (exact) mass is 457 g/mol. The van der Waals surface area contributed by atoms with Gasteiger partial charge < -0.3 is 18.9 Å². The van der Waals surface area contributed by atoms with E-state index in [1.54, 1.807) is 20.3 Å². The summed E-state index contributed by atoms with van der Waals surface area (Å²) in [5.74, 6) is 2.60. The van der Waals surface area contributed by atoms with E-state index >= 15 is 0 Å². The van der Waals surface area contributed by atoms with Crippen molar-refractivity contribution in [2.75, 3.05) is 21.0 Å². The molecule has 0 aromatic heterocycles. The molecule has 3 aromatic carbocycles. The van der Waals surface area contributed by atoms with Crippen LogP contribution >= 0.6 is 0 Å². The van der Waals surface area contributed by atoms with E-state index in [0.717, 1.165) is 23.4 Å². The molecule has 6 heteroatoms. The highest BCUT2D eigenvalue weighted by molar-refractivity contribution is 6.15. The third kappa shape index (κ3) is 3.90. The van der Waals surface area contributed by atoms with Gasteiger partial charge in [-0.25, -0.2) is 0 Å². The Bertz CT molecular complexity index is 1290. The van der Waals surface area contributed by atoms with Crippen LogP contribution in [-0.4, -0.2) is 31.6 Å². The van der Waals surface area contributed by atoms with Crippen LogP contribution in [0.3, 0.4) is 0 Å². The highest BCUT2D eigenvalue weighted by Crippen LogP contribution is 2.44. The molecule has 0 spiro atoms. The van der Waals surface area contributed by atoms with Crippen LogP contribution in [0, 0.1) is 13.8 Å². The molecule has 0 atom stereocenters. The maximum absolute atomic E-state index is 13.3. The van der Waals surface area contributed by atoms with Gasteiger partial charge in [0.2, 0.25) is 5.78 Å². The van der Waals surface area contributed by atoms with Crippen molar-refractivity contribution in [2.24, 2.45) is 0 Å². The van der Waals surface area contributed by atoms with Gasteiger partial charge in [0.1, 0.15) is 18.2 Å². The number of aryl methyl sites for hydroxylation is 1. The van der Waals surface area contributed by atoms with E-state index in [1.165, 1.54) is 11.1 Å². The fourth-order valence-electron chi connectivity index (χ4n) is 4.52. The first-order valence-electron chi connectivity index (χ1n) is 11.2. The van der Waals surface area contributed by atoms with Crippen molar-refractivity contribution in [1.82, 2.24) is 4.90 Å². The van der Waals surface area contributed by atoms with Gasteiger partial charge in [0.05, 0.1) is 19.8 Å². The molecular formula is C28H27NO5. The second kappa shape index (κ2) is 8.88. The standard InChI is InChI=1S/C28H27NO5/c1-17-8-10-19(11-9-17)14-29-15-21-12-22-25(30)24(34-27(22)18(2)26(21)33-16-29)13-20-6-5-7-23(31-3)28(20)32-4/h5-13H,14-16H2,1-4H3/b24-13-. The van der Waals surface area contributed by atoms with Gasteiger partial charge in [0.15, 0.2) is 17.3 Å². The number of fused-ring (bicyclic) bond motifs is 2. The molecule has 0 N–H and O–H groups in total. The molecule has 5 rings (SSSR count). The summed E-state index contributed by atoms with van der Waals surface area (Å²) in [6.07, 6.45) is 1.70. The highest BCUT2D eigenvalue weighted by Gasteiger charge is 2.34. The number of hydrogen-bond donors (Lipinski definition) is 0. The van der Waals surface area contributed by atoms with E-state index < -0.39 is 0 Å². The van der Waals surface area contributed by atoms with Crippen LogP contribution in [0.4, 0.5) is 0 Å². The molecule has 0 unspecified atom stereocenters. The summed E-state index contributed by atoms with van der Waals surface area (Å²) in [4.78, 5) is 15.5. The van der Waals surface area contributed by atoms with Gasteiger partial charge in [-0.2, -0.15) is 0 Å². The van der Waals surface area contributed by atoms with Crippen LogP contribution in [0.2, 0.25) is 0 Å². The van der Waals surface area contributed by atoms with Crippen LogP contribution in [-0.2, 0) is 13.1 Å². The molecule has 174 valence electrons. The summed E-state index contributed by atoms with van der Waals surface area (Å²) in [5, 5.41) is 0. The second-order valence-electron chi connectivity index (χ2n) is 8.64. The van der Waals surface area contributed by atoms with Gasteiger partial charge >= 0.3 is 0 Å². The van der Waals surface area contributed by atoms with Gasteiger partial charge in [0, 0.05) is 29.8 Å². The SMILES string of the molecule is COc1cccc(/C=C2\Oc3c(cc4c(c3C)OCN(Cc3ccc(C)cc3)C4)C2=O)c1OC. The Labute approximate surface area is 199 Å². The molecule has 2 aliphatic heterocycles. The number of allylic oxidation sites excluding steroid dienone is 1. The van der Waals surface area contributed by atoms with E-state index in [9.17, 15) is 4.79 Å². The second-order valence-corrected chi connectivity index (χ2v) is 8.64. The van der Waals surface area contributed by atoms with Crippen molar-refractivity contribution in [1.29, 1.82) is 0 Å². The molecule has 6 nitrogen and oxygen atoms in total. The van der Waals surface area contributed by atoms with Crippen molar-refractivity contribution >= 4 is 11.9 Å². The molecule has 0 bridgehead atoms. The number of nitrogens with zero attached hydrogens (tertiary/aromatic N) is 1. The molecule has 0 saturated carbocycles. The Kier molecular flexibility index (Phi) is 5.75. The number of rotatable bonds is 5. The molecule has 0 saturated heterocycles. The molecule has 0 fully saturated rings. The predicted molar refractivity (Wildman–Crippen MR) is 130 cm³/mol. The molecule has 3 aromatic rings. The number of benzene rings is 3. The number of Topliss-reactive ketones (excluding diaryl/α,β-unsaturated/α-hetero) is 1. The van der Waals surface area contributed by atoms with Crippen LogP contribution in [0.25, 0.3) is 6.08 Å². The lowest BCUT2D eigenvalue weighted by molar-refractivity contribution is 0.0876. The zero-order valence-corrected chi connectivity index (χ0v) is 19.8. The average Bonchev–Trinajstić information content (AvgIpc) is 3.15. The van der Waals surface area contributed by atoms with Crippen molar-refractivity contribution in [3.8, 4) is 23.0 Å². The van der Waals surface area contributed by atoms with Gasteiger partial charge in [-0.05, 0) is 37.6 Å². The summed E-state index contributed by atoms with van der Waals surface area (Å²) in [5.41, 5.74) is 5.58. The van der Waals surface area contributed by atoms with Crippen molar-refractivity contribution in [3.05, 3.63) is 87.7 Å². The van der Waals surface area contributed by atoms with E-state index in [1.807, 2.05) is 31.2 Å². The number of ether oxygens (including phenoxy) is 4. The summed E-state index contributed by atoms with van der Waals surface area (Å²) in [6.45, 7) is 5.99. The maximum Gasteiger partial charge on any atom is 0.231 e. The molecule has 0 aliphatic carbocycles. The molecule has 34 heavy (non-hydrogen) atoms. The Balaban J connectivity index is 1.43. The van der Waals surface area contributed by atoms with E-state index in [4.69, 9.17) is 18.9 Å². The first-order valence-corrected chi connectivity index (χ1v) is 11.2. The Morgan fingerprint density at radius 1 is 1.03 bits per heavy atom. The van der Waals surface area contributed by atoms with Crippen LogP contribution in [0.15, 0.2) is 54.3 Å². The van der Waals surface area contributed by atoms with E-state index in [0.29, 0.717) is 41.7 Å². The van der Waals surface area contributed by atoms with Gasteiger partial charge in [0.25, 0.3) is 0 Å². The zero-order chi connectivity index (χ0) is 23.8. The zero-order valence-electron chi connectivity index (χ0n) is 19.8. The summed E-state index contributed by atoms with van der Waals surface area (Å²) in [7, 11) is 3.15. The smallest absolute Gasteiger partial charge is 0.231 e. The van der Waals surface area contributed by atoms with Crippen LogP contribution in [0.1, 0.15) is 38.2 Å². The lowest BCUT2D eigenvalue weighted by Crippen LogP contribution is -2.32. The number of methoxy groups -OCH3 is 2. The number of para-hydroxylation sites is 1. The fourth-order valence-corrected chi connectivity index (χ4v) is 4.52. The van der Waals surface area contributed by atoms with Gasteiger partial charge in [-0.1, -0.05) is 42.0 Å². The first-order chi connectivity index (χ1) is 16.5. The topological polar surface area (TPSA) is 57.2 Å². The largest absolute Gasteiger partial charge is 0.493 e. The first kappa shape index (κ1) is 22.0. The van der Waals surface area contributed by atoms with E-state index in [-0.39, 0.29) is 11.5 Å². The van der Waals surface area contributed by atoms with Crippen molar-refractivity contribution in [2.45, 2.75) is 26.9 Å². The number of ketones is 1. The minimum absolute atomic E-state index is 0.151. The number of carbonyl (C=O) groups is 1. The van der Waals surface area contributed by atoms with Crippen molar-refractivity contribution in [3.63, 3.8) is 0 Å². The lowest BCUT2D eigenvalue weighted by Gasteiger charge is -2.30. The maximum atomic E-state index is 13.3. The fraction of sp³-hybridized carbons (Fsp3) is 0.250. The minimum Gasteiger partial charge on any atom is -0.493 e. The van der Waals surface area contributed by atoms with Gasteiger partial charge in [-0.3, -0.25) is 9.69 Å². The molecule has 0 amide bonds. The predicted octanol–water partition coefficient (Wildman–Crippen LogP) is 5.29.